The molecule has 2 aromatic heterocycles. The molecule has 0 saturated carbocycles. The topological polar surface area (TPSA) is 86.5 Å². The molecule has 0 radical (unpaired) electrons. The smallest absolute Gasteiger partial charge is 0.281 e. The van der Waals surface area contributed by atoms with Crippen LogP contribution in [0.5, 0.6) is 11.5 Å². The number of rotatable bonds is 10. The number of ether oxygens (including phenoxy) is 2. The number of hydrogen-bond acceptors (Lipinski definition) is 8. The van der Waals surface area contributed by atoms with Gasteiger partial charge >= 0.3 is 0 Å². The molecule has 0 spiro atoms. The number of thiazole rings is 1. The van der Waals surface area contributed by atoms with Crippen LogP contribution in [-0.2, 0) is 17.8 Å². The number of Topliss-reactive ketones (excluding diaryl/α,β-unsaturated/α-hetero) is 1. The highest BCUT2D eigenvalue weighted by Gasteiger charge is 2.33. The van der Waals surface area contributed by atoms with Gasteiger partial charge in [0.2, 0.25) is 0 Å². The van der Waals surface area contributed by atoms with E-state index >= 15 is 0 Å². The lowest BCUT2D eigenvalue weighted by atomic mass is 10.0. The Balaban J connectivity index is 1.39. The van der Waals surface area contributed by atoms with E-state index < -0.39 is 0 Å². The fourth-order valence-corrected chi connectivity index (χ4v) is 6.77. The van der Waals surface area contributed by atoms with Gasteiger partial charge in [0.05, 0.1) is 26.8 Å². The van der Waals surface area contributed by atoms with Gasteiger partial charge in [-0.1, -0.05) is 65.9 Å². The minimum atomic E-state index is -0.245. The first-order chi connectivity index (χ1) is 21.0. The van der Waals surface area contributed by atoms with Gasteiger partial charge in [0.1, 0.15) is 17.3 Å². The van der Waals surface area contributed by atoms with Crippen molar-refractivity contribution in [2.75, 3.05) is 25.7 Å². The first kappa shape index (κ1) is 28.6. The zero-order chi connectivity index (χ0) is 29.9. The van der Waals surface area contributed by atoms with Crippen molar-refractivity contribution in [2.24, 2.45) is 0 Å². The lowest BCUT2D eigenvalue weighted by Crippen LogP contribution is -2.36. The van der Waals surface area contributed by atoms with Crippen LogP contribution in [0.4, 0.5) is 5.13 Å². The minimum Gasteiger partial charge on any atom is -0.497 e. The van der Waals surface area contributed by atoms with Crippen molar-refractivity contribution < 1.29 is 14.3 Å². The van der Waals surface area contributed by atoms with Gasteiger partial charge in [0.15, 0.2) is 21.3 Å². The molecule has 220 valence electrons. The van der Waals surface area contributed by atoms with Crippen molar-refractivity contribution in [3.8, 4) is 22.9 Å². The first-order valence-electron chi connectivity index (χ1n) is 14.5. The lowest BCUT2D eigenvalue weighted by molar-refractivity contribution is -0.120. The van der Waals surface area contributed by atoms with Crippen LogP contribution in [0.2, 0.25) is 0 Å². The number of fused-ring (bicyclic) bond motifs is 1. The summed E-state index contributed by atoms with van der Waals surface area (Å²) in [6.45, 7) is 2.98. The third-order valence-electron chi connectivity index (χ3n) is 8.09. The summed E-state index contributed by atoms with van der Waals surface area (Å²) in [7, 11) is 3.21. The zero-order valence-corrected chi connectivity index (χ0v) is 25.4. The summed E-state index contributed by atoms with van der Waals surface area (Å²) >= 11 is 1.38. The summed E-state index contributed by atoms with van der Waals surface area (Å²) < 4.78 is 12.7. The maximum absolute atomic E-state index is 14.2. The van der Waals surface area contributed by atoms with Crippen LogP contribution >= 0.6 is 11.3 Å². The molecule has 3 aromatic carbocycles. The number of anilines is 1. The molecule has 0 unspecified atom stereocenters. The van der Waals surface area contributed by atoms with E-state index in [9.17, 15) is 9.59 Å². The molecule has 1 atom stereocenters. The molecule has 0 amide bonds. The fourth-order valence-electron chi connectivity index (χ4n) is 5.76. The summed E-state index contributed by atoms with van der Waals surface area (Å²) in [5, 5.41) is 0.672. The van der Waals surface area contributed by atoms with Crippen molar-refractivity contribution in [3.63, 3.8) is 0 Å². The first-order valence-corrected chi connectivity index (χ1v) is 15.3. The molecule has 0 bridgehead atoms. The number of carbonyl (C=O) groups is 1. The molecule has 0 N–H and O–H groups in total. The molecule has 1 aliphatic heterocycles. The van der Waals surface area contributed by atoms with Crippen LogP contribution in [0.25, 0.3) is 21.7 Å². The number of carbonyl (C=O) groups excluding carboxylic acids is 1. The molecule has 43 heavy (non-hydrogen) atoms. The second-order valence-corrected chi connectivity index (χ2v) is 11.7. The molecule has 1 aliphatic rings. The Morgan fingerprint density at radius 3 is 2.56 bits per heavy atom. The largest absolute Gasteiger partial charge is 0.497 e. The minimum absolute atomic E-state index is 0.207. The third kappa shape index (κ3) is 5.77. The standard InChI is InChI=1S/C34H34N4O4S/c1-22-10-7-8-13-26(22)31-36-32-30(33(40)38(31)21-24-16-17-25(41-2)20-29(24)42-3)35-34(43-32)37-19-9-14-27(37)28(39)18-15-23-11-5-4-6-12-23/h4-8,10-13,16-17,20,27H,9,14-15,18-19,21H2,1-3H3/t27-/m1/s1. The number of methoxy groups -OCH3 is 2. The van der Waals surface area contributed by atoms with Crippen LogP contribution < -0.4 is 19.9 Å². The summed E-state index contributed by atoms with van der Waals surface area (Å²) in [6, 6.07) is 23.3. The molecule has 0 aliphatic carbocycles. The van der Waals surface area contributed by atoms with Crippen molar-refractivity contribution >= 4 is 32.6 Å². The Hall–Kier alpha value is -4.50. The van der Waals surface area contributed by atoms with E-state index in [-0.39, 0.29) is 23.9 Å². The molecule has 8 nitrogen and oxygen atoms in total. The van der Waals surface area contributed by atoms with Crippen molar-refractivity contribution in [1.29, 1.82) is 0 Å². The van der Waals surface area contributed by atoms with E-state index in [1.807, 2.05) is 67.6 Å². The average Bonchev–Trinajstić information content (AvgIpc) is 3.70. The van der Waals surface area contributed by atoms with Crippen LogP contribution in [0.1, 0.15) is 36.0 Å². The van der Waals surface area contributed by atoms with Crippen molar-refractivity contribution in [2.45, 2.75) is 45.2 Å². The highest BCUT2D eigenvalue weighted by Crippen LogP contribution is 2.34. The molecule has 6 rings (SSSR count). The number of benzene rings is 3. The maximum Gasteiger partial charge on any atom is 0.281 e. The van der Waals surface area contributed by atoms with Gasteiger partial charge in [-0.25, -0.2) is 9.97 Å². The van der Waals surface area contributed by atoms with Crippen LogP contribution in [-0.4, -0.2) is 47.1 Å². The number of ketones is 1. The predicted octanol–water partition coefficient (Wildman–Crippen LogP) is 6.06. The molecule has 1 fully saturated rings. The molecular weight excluding hydrogens is 560 g/mol. The van der Waals surface area contributed by atoms with E-state index in [4.69, 9.17) is 19.4 Å². The third-order valence-corrected chi connectivity index (χ3v) is 9.08. The number of aromatic nitrogens is 3. The molecular formula is C34H34N4O4S. The fraction of sp³-hybridized carbons (Fsp3) is 0.294. The van der Waals surface area contributed by atoms with E-state index in [0.717, 1.165) is 41.6 Å². The van der Waals surface area contributed by atoms with Gasteiger partial charge in [-0.2, -0.15) is 0 Å². The normalized spacial score (nSPS) is 14.8. The summed E-state index contributed by atoms with van der Waals surface area (Å²) in [5.74, 6) is 2.07. The Labute approximate surface area is 254 Å². The zero-order valence-electron chi connectivity index (χ0n) is 24.6. The van der Waals surface area contributed by atoms with E-state index in [2.05, 4.69) is 17.0 Å². The van der Waals surface area contributed by atoms with E-state index in [0.29, 0.717) is 45.6 Å². The van der Waals surface area contributed by atoms with Gasteiger partial charge in [0, 0.05) is 30.2 Å². The summed E-state index contributed by atoms with van der Waals surface area (Å²) in [6.07, 6.45) is 2.88. The highest BCUT2D eigenvalue weighted by atomic mass is 32.1. The van der Waals surface area contributed by atoms with Crippen LogP contribution in [0.3, 0.4) is 0 Å². The molecule has 3 heterocycles. The number of nitrogens with zero attached hydrogens (tertiary/aromatic N) is 4. The van der Waals surface area contributed by atoms with Crippen LogP contribution in [0.15, 0.2) is 77.6 Å². The monoisotopic (exact) mass is 594 g/mol. The molecule has 5 aromatic rings. The Morgan fingerprint density at radius 2 is 1.79 bits per heavy atom. The number of hydrogen-bond donors (Lipinski definition) is 0. The van der Waals surface area contributed by atoms with Crippen molar-refractivity contribution in [3.05, 3.63) is 99.8 Å². The summed E-state index contributed by atoms with van der Waals surface area (Å²) in [5.41, 5.74) is 3.95. The Morgan fingerprint density at radius 1 is 1.00 bits per heavy atom. The van der Waals surface area contributed by atoms with E-state index in [1.165, 1.54) is 11.3 Å². The van der Waals surface area contributed by atoms with Gasteiger partial charge in [-0.15, -0.1) is 0 Å². The highest BCUT2D eigenvalue weighted by molar-refractivity contribution is 7.21. The quantitative estimate of drug-likeness (QED) is 0.194. The SMILES string of the molecule is COc1ccc(Cn2c(-c3ccccc3C)nc3sc(N4CCC[C@@H]4C(=O)CCc4ccccc4)nc3c2=O)c(OC)c1. The van der Waals surface area contributed by atoms with Crippen LogP contribution in [0, 0.1) is 6.92 Å². The molecule has 1 saturated heterocycles. The second-order valence-electron chi connectivity index (χ2n) is 10.8. The van der Waals surface area contributed by atoms with E-state index in [1.54, 1.807) is 18.8 Å². The van der Waals surface area contributed by atoms with Gasteiger partial charge in [-0.3, -0.25) is 14.2 Å². The number of aryl methyl sites for hydroxylation is 2. The van der Waals surface area contributed by atoms with Gasteiger partial charge in [-0.05, 0) is 49.4 Å². The lowest BCUT2D eigenvalue weighted by Gasteiger charge is -2.22. The second kappa shape index (κ2) is 12.4. The summed E-state index contributed by atoms with van der Waals surface area (Å²) in [4.78, 5) is 40.0. The maximum atomic E-state index is 14.2. The van der Waals surface area contributed by atoms with Gasteiger partial charge < -0.3 is 14.4 Å². The van der Waals surface area contributed by atoms with Gasteiger partial charge in [0.25, 0.3) is 5.56 Å². The predicted molar refractivity (Wildman–Crippen MR) is 171 cm³/mol. The molecule has 9 heteroatoms. The Bertz CT molecular complexity index is 1830. The average molecular weight is 595 g/mol. The van der Waals surface area contributed by atoms with Crippen molar-refractivity contribution in [1.82, 2.24) is 14.5 Å². The Kier molecular flexibility index (Phi) is 8.24.